The third kappa shape index (κ3) is 3.74. The monoisotopic (exact) mass is 307 g/mol. The SMILES string of the molecule is CCN(CCO)c1ncnc(Nc2ccc(Cl)cc2)c1N. The number of aliphatic hydroxyl groups excluding tert-OH is 1. The summed E-state index contributed by atoms with van der Waals surface area (Å²) < 4.78 is 0. The molecule has 112 valence electrons. The average molecular weight is 308 g/mol. The summed E-state index contributed by atoms with van der Waals surface area (Å²) in [5.41, 5.74) is 7.41. The fraction of sp³-hybridized carbons (Fsp3) is 0.286. The summed E-state index contributed by atoms with van der Waals surface area (Å²) in [6.07, 6.45) is 1.45. The second-order valence-electron chi connectivity index (χ2n) is 4.39. The summed E-state index contributed by atoms with van der Waals surface area (Å²) in [5.74, 6) is 1.14. The van der Waals surface area contributed by atoms with E-state index in [4.69, 9.17) is 22.4 Å². The van der Waals surface area contributed by atoms with Crippen LogP contribution < -0.4 is 16.0 Å². The minimum absolute atomic E-state index is 0.0389. The minimum Gasteiger partial charge on any atom is -0.395 e. The van der Waals surface area contributed by atoms with Crippen molar-refractivity contribution in [3.63, 3.8) is 0 Å². The number of nitrogens with one attached hydrogen (secondary N) is 1. The summed E-state index contributed by atoms with van der Waals surface area (Å²) in [4.78, 5) is 10.3. The number of hydrogen-bond acceptors (Lipinski definition) is 6. The zero-order valence-corrected chi connectivity index (χ0v) is 12.5. The average Bonchev–Trinajstić information content (AvgIpc) is 2.49. The second-order valence-corrected chi connectivity index (χ2v) is 4.83. The topological polar surface area (TPSA) is 87.3 Å². The molecule has 2 aromatic rings. The van der Waals surface area contributed by atoms with Gasteiger partial charge in [-0.2, -0.15) is 0 Å². The Morgan fingerprint density at radius 2 is 2.00 bits per heavy atom. The van der Waals surface area contributed by atoms with E-state index in [0.29, 0.717) is 35.4 Å². The van der Waals surface area contributed by atoms with Crippen LogP contribution in [0.1, 0.15) is 6.92 Å². The standard InChI is InChI=1S/C14H18ClN5O/c1-2-20(7-8-21)14-12(16)13(17-9-18-14)19-11-5-3-10(15)4-6-11/h3-6,9,21H,2,7-8,16H2,1H3,(H,17,18,19). The third-order valence-electron chi connectivity index (χ3n) is 3.02. The number of aromatic nitrogens is 2. The highest BCUT2D eigenvalue weighted by Gasteiger charge is 2.13. The number of aliphatic hydroxyl groups is 1. The lowest BCUT2D eigenvalue weighted by molar-refractivity contribution is 0.302. The van der Waals surface area contributed by atoms with Gasteiger partial charge in [0.05, 0.1) is 6.61 Å². The number of nitrogens with zero attached hydrogens (tertiary/aromatic N) is 3. The molecule has 0 aliphatic rings. The smallest absolute Gasteiger partial charge is 0.159 e. The summed E-state index contributed by atoms with van der Waals surface area (Å²) in [6.45, 7) is 3.18. The van der Waals surface area contributed by atoms with Crippen LogP contribution in [0, 0.1) is 0 Å². The van der Waals surface area contributed by atoms with Crippen LogP contribution in [0.25, 0.3) is 0 Å². The molecule has 1 heterocycles. The molecule has 6 nitrogen and oxygen atoms in total. The summed E-state index contributed by atoms with van der Waals surface area (Å²) in [7, 11) is 0. The molecule has 21 heavy (non-hydrogen) atoms. The normalized spacial score (nSPS) is 10.4. The van der Waals surface area contributed by atoms with Gasteiger partial charge in [0, 0.05) is 23.8 Å². The molecular formula is C14H18ClN5O. The molecule has 0 aliphatic carbocycles. The summed E-state index contributed by atoms with van der Waals surface area (Å²) in [5, 5.41) is 12.9. The molecule has 4 N–H and O–H groups in total. The van der Waals surface area contributed by atoms with Gasteiger partial charge in [-0.25, -0.2) is 9.97 Å². The molecular weight excluding hydrogens is 290 g/mol. The first-order valence-corrected chi connectivity index (χ1v) is 7.02. The predicted molar refractivity (Wildman–Crippen MR) is 86.2 cm³/mol. The maximum Gasteiger partial charge on any atom is 0.159 e. The largest absolute Gasteiger partial charge is 0.395 e. The summed E-state index contributed by atoms with van der Waals surface area (Å²) >= 11 is 5.86. The van der Waals surface area contributed by atoms with Crippen LogP contribution in [0.4, 0.5) is 23.0 Å². The van der Waals surface area contributed by atoms with Crippen molar-refractivity contribution in [1.29, 1.82) is 0 Å². The van der Waals surface area contributed by atoms with Gasteiger partial charge < -0.3 is 21.1 Å². The molecule has 0 amide bonds. The van der Waals surface area contributed by atoms with E-state index in [0.717, 1.165) is 5.69 Å². The Bertz CT molecular complexity index is 590. The molecule has 0 bridgehead atoms. The maximum absolute atomic E-state index is 9.10. The van der Waals surface area contributed by atoms with Gasteiger partial charge in [0.25, 0.3) is 0 Å². The number of nitrogens with two attached hydrogens (primary N) is 1. The van der Waals surface area contributed by atoms with Crippen LogP contribution in [-0.2, 0) is 0 Å². The minimum atomic E-state index is 0.0389. The number of nitrogen functional groups attached to an aromatic ring is 1. The third-order valence-corrected chi connectivity index (χ3v) is 3.27. The Labute approximate surface area is 128 Å². The molecule has 0 radical (unpaired) electrons. The van der Waals surface area contributed by atoms with Crippen molar-refractivity contribution in [2.45, 2.75) is 6.92 Å². The molecule has 0 saturated carbocycles. The van der Waals surface area contributed by atoms with Gasteiger partial charge >= 0.3 is 0 Å². The number of benzene rings is 1. The maximum atomic E-state index is 9.10. The van der Waals surface area contributed by atoms with Gasteiger partial charge in [0.1, 0.15) is 12.0 Å². The Morgan fingerprint density at radius 1 is 1.29 bits per heavy atom. The van der Waals surface area contributed by atoms with Crippen molar-refractivity contribution < 1.29 is 5.11 Å². The van der Waals surface area contributed by atoms with Crippen LogP contribution in [-0.4, -0.2) is 34.8 Å². The number of halogens is 1. The molecule has 2 rings (SSSR count). The van der Waals surface area contributed by atoms with Crippen LogP contribution in [0.2, 0.25) is 5.02 Å². The molecule has 0 unspecified atom stereocenters. The van der Waals surface area contributed by atoms with Crippen LogP contribution >= 0.6 is 11.6 Å². The van der Waals surface area contributed by atoms with E-state index in [1.807, 2.05) is 24.0 Å². The Morgan fingerprint density at radius 3 is 2.62 bits per heavy atom. The Hall–Kier alpha value is -2.05. The van der Waals surface area contributed by atoms with E-state index in [2.05, 4.69) is 15.3 Å². The molecule has 0 atom stereocenters. The fourth-order valence-electron chi connectivity index (χ4n) is 1.94. The van der Waals surface area contributed by atoms with Crippen molar-refractivity contribution in [2.24, 2.45) is 0 Å². The first kappa shape index (κ1) is 15.3. The zero-order valence-electron chi connectivity index (χ0n) is 11.8. The lowest BCUT2D eigenvalue weighted by atomic mass is 10.3. The summed E-state index contributed by atoms with van der Waals surface area (Å²) in [6, 6.07) is 7.25. The van der Waals surface area contributed by atoms with Gasteiger partial charge in [0.2, 0.25) is 0 Å². The number of anilines is 4. The molecule has 0 spiro atoms. The van der Waals surface area contributed by atoms with Crippen LogP contribution in [0.3, 0.4) is 0 Å². The van der Waals surface area contributed by atoms with Crippen molar-refractivity contribution in [1.82, 2.24) is 9.97 Å². The number of rotatable bonds is 6. The van der Waals surface area contributed by atoms with E-state index in [1.54, 1.807) is 12.1 Å². The fourth-order valence-corrected chi connectivity index (χ4v) is 2.07. The van der Waals surface area contributed by atoms with Crippen LogP contribution in [0.15, 0.2) is 30.6 Å². The highest BCUT2D eigenvalue weighted by Crippen LogP contribution is 2.28. The van der Waals surface area contributed by atoms with Crippen molar-refractivity contribution in [2.75, 3.05) is 35.6 Å². The highest BCUT2D eigenvalue weighted by atomic mass is 35.5. The molecule has 0 saturated heterocycles. The van der Waals surface area contributed by atoms with Gasteiger partial charge in [0.15, 0.2) is 11.6 Å². The van der Waals surface area contributed by atoms with Gasteiger partial charge in [-0.1, -0.05) is 11.6 Å². The van der Waals surface area contributed by atoms with E-state index in [9.17, 15) is 0 Å². The van der Waals surface area contributed by atoms with E-state index < -0.39 is 0 Å². The lowest BCUT2D eigenvalue weighted by Crippen LogP contribution is -2.28. The van der Waals surface area contributed by atoms with Crippen molar-refractivity contribution >= 4 is 34.6 Å². The van der Waals surface area contributed by atoms with Crippen LogP contribution in [0.5, 0.6) is 0 Å². The number of hydrogen-bond donors (Lipinski definition) is 3. The Balaban J connectivity index is 2.26. The zero-order chi connectivity index (χ0) is 15.2. The van der Waals surface area contributed by atoms with Gasteiger partial charge in [-0.15, -0.1) is 0 Å². The lowest BCUT2D eigenvalue weighted by Gasteiger charge is -2.23. The molecule has 1 aromatic carbocycles. The first-order valence-electron chi connectivity index (χ1n) is 6.64. The molecule has 1 aromatic heterocycles. The van der Waals surface area contributed by atoms with Crippen molar-refractivity contribution in [3.8, 4) is 0 Å². The molecule has 0 aliphatic heterocycles. The number of likely N-dealkylation sites (N-methyl/N-ethyl adjacent to an activating group) is 1. The first-order chi connectivity index (χ1) is 10.2. The van der Waals surface area contributed by atoms with Gasteiger partial charge in [-0.05, 0) is 31.2 Å². The highest BCUT2D eigenvalue weighted by molar-refractivity contribution is 6.30. The predicted octanol–water partition coefficient (Wildman–Crippen LogP) is 2.27. The molecule has 0 fully saturated rings. The van der Waals surface area contributed by atoms with Gasteiger partial charge in [-0.3, -0.25) is 0 Å². The van der Waals surface area contributed by atoms with E-state index in [1.165, 1.54) is 6.33 Å². The molecule has 7 heteroatoms. The Kier molecular flexibility index (Phi) is 5.19. The van der Waals surface area contributed by atoms with E-state index in [-0.39, 0.29) is 6.61 Å². The second kappa shape index (κ2) is 7.10. The van der Waals surface area contributed by atoms with Crippen molar-refractivity contribution in [3.05, 3.63) is 35.6 Å². The quantitative estimate of drug-likeness (QED) is 0.759. The van der Waals surface area contributed by atoms with E-state index >= 15 is 0 Å².